The van der Waals surface area contributed by atoms with Crippen LogP contribution in [-0.4, -0.2) is 34.7 Å². The van der Waals surface area contributed by atoms with Gasteiger partial charge >= 0.3 is 5.97 Å². The molecule has 2 N–H and O–H groups in total. The number of rotatable bonds is 8. The number of carboxylic acid groups (broad SMARTS) is 1. The zero-order valence-corrected chi connectivity index (χ0v) is 13.6. The van der Waals surface area contributed by atoms with Crippen LogP contribution >= 0.6 is 0 Å². The van der Waals surface area contributed by atoms with Crippen LogP contribution in [0.15, 0.2) is 0 Å². The molecule has 1 fully saturated rings. The summed E-state index contributed by atoms with van der Waals surface area (Å²) in [6.07, 6.45) is 4.54. The van der Waals surface area contributed by atoms with E-state index in [1.807, 2.05) is 20.8 Å². The Balaban J connectivity index is 2.67. The van der Waals surface area contributed by atoms with Gasteiger partial charge in [0.25, 0.3) is 0 Å². The van der Waals surface area contributed by atoms with E-state index in [1.165, 1.54) is 0 Å². The summed E-state index contributed by atoms with van der Waals surface area (Å²) in [4.78, 5) is 23.5. The van der Waals surface area contributed by atoms with Crippen LogP contribution in [0.2, 0.25) is 0 Å². The number of hydrogen-bond acceptors (Lipinski definition) is 3. The van der Waals surface area contributed by atoms with Gasteiger partial charge < -0.3 is 15.2 Å². The lowest BCUT2D eigenvalue weighted by Crippen LogP contribution is -2.54. The van der Waals surface area contributed by atoms with Crippen LogP contribution in [0.1, 0.15) is 66.2 Å². The van der Waals surface area contributed by atoms with Crippen molar-refractivity contribution in [1.29, 1.82) is 0 Å². The highest BCUT2D eigenvalue weighted by atomic mass is 16.5. The van der Waals surface area contributed by atoms with E-state index in [2.05, 4.69) is 5.32 Å². The molecule has 122 valence electrons. The van der Waals surface area contributed by atoms with Crippen molar-refractivity contribution in [3.05, 3.63) is 0 Å². The smallest absolute Gasteiger partial charge is 0.305 e. The third-order valence-corrected chi connectivity index (χ3v) is 4.52. The van der Waals surface area contributed by atoms with E-state index in [4.69, 9.17) is 9.84 Å². The molecule has 1 amide bonds. The topological polar surface area (TPSA) is 75.6 Å². The molecule has 2 unspecified atom stereocenters. The maximum Gasteiger partial charge on any atom is 0.305 e. The minimum Gasteiger partial charge on any atom is -0.481 e. The summed E-state index contributed by atoms with van der Waals surface area (Å²) in [5, 5.41) is 12.0. The van der Waals surface area contributed by atoms with Crippen molar-refractivity contribution < 1.29 is 19.4 Å². The van der Waals surface area contributed by atoms with Crippen LogP contribution in [0, 0.1) is 5.92 Å². The maximum absolute atomic E-state index is 12.4. The van der Waals surface area contributed by atoms with Crippen LogP contribution in [-0.2, 0) is 14.3 Å². The average molecular weight is 299 g/mol. The molecule has 5 nitrogen and oxygen atoms in total. The summed E-state index contributed by atoms with van der Waals surface area (Å²) in [6.45, 7) is 7.54. The molecular formula is C16H29NO4. The Morgan fingerprint density at radius 1 is 1.33 bits per heavy atom. The van der Waals surface area contributed by atoms with E-state index in [-0.39, 0.29) is 24.3 Å². The van der Waals surface area contributed by atoms with Crippen molar-refractivity contribution in [1.82, 2.24) is 5.32 Å². The van der Waals surface area contributed by atoms with Crippen LogP contribution < -0.4 is 5.32 Å². The Hall–Kier alpha value is -1.10. The SMILES string of the molecule is CCC(OC1CCCC1)C(=O)NC(C)(CC(=O)O)C(C)C. The molecule has 21 heavy (non-hydrogen) atoms. The van der Waals surface area contributed by atoms with Crippen LogP contribution in [0.3, 0.4) is 0 Å². The van der Waals surface area contributed by atoms with E-state index in [1.54, 1.807) is 6.92 Å². The summed E-state index contributed by atoms with van der Waals surface area (Å²) in [6, 6.07) is 0. The Bertz CT molecular complexity index is 363. The van der Waals surface area contributed by atoms with E-state index in [0.29, 0.717) is 6.42 Å². The summed E-state index contributed by atoms with van der Waals surface area (Å²) >= 11 is 0. The number of hydrogen-bond donors (Lipinski definition) is 2. The molecule has 0 radical (unpaired) electrons. The Labute approximate surface area is 127 Å². The molecule has 1 rings (SSSR count). The normalized spacial score (nSPS) is 20.2. The number of ether oxygens (including phenoxy) is 1. The van der Waals surface area contributed by atoms with Crippen molar-refractivity contribution in [2.45, 2.75) is 84.0 Å². The van der Waals surface area contributed by atoms with Gasteiger partial charge in [0.15, 0.2) is 0 Å². The van der Waals surface area contributed by atoms with E-state index in [0.717, 1.165) is 25.7 Å². The molecule has 5 heteroatoms. The van der Waals surface area contributed by atoms with Gasteiger partial charge in [-0.15, -0.1) is 0 Å². The summed E-state index contributed by atoms with van der Waals surface area (Å²) in [5.74, 6) is -1.07. The van der Waals surface area contributed by atoms with E-state index < -0.39 is 17.6 Å². The molecular weight excluding hydrogens is 270 g/mol. The first kappa shape index (κ1) is 18.0. The van der Waals surface area contributed by atoms with Gasteiger partial charge in [-0.2, -0.15) is 0 Å². The fourth-order valence-electron chi connectivity index (χ4n) is 2.67. The number of carboxylic acids is 1. The molecule has 0 aliphatic heterocycles. The highest BCUT2D eigenvalue weighted by Crippen LogP contribution is 2.25. The van der Waals surface area contributed by atoms with Gasteiger partial charge in [-0.3, -0.25) is 9.59 Å². The number of carbonyl (C=O) groups is 2. The lowest BCUT2D eigenvalue weighted by atomic mass is 9.85. The maximum atomic E-state index is 12.4. The second-order valence-electron chi connectivity index (χ2n) is 6.57. The van der Waals surface area contributed by atoms with Gasteiger partial charge in [0, 0.05) is 0 Å². The van der Waals surface area contributed by atoms with Gasteiger partial charge in [0.05, 0.1) is 18.1 Å². The molecule has 1 aliphatic carbocycles. The number of carbonyl (C=O) groups excluding carboxylic acids is 1. The zero-order chi connectivity index (χ0) is 16.0. The van der Waals surface area contributed by atoms with Crippen molar-refractivity contribution in [2.75, 3.05) is 0 Å². The Morgan fingerprint density at radius 2 is 1.90 bits per heavy atom. The lowest BCUT2D eigenvalue weighted by molar-refractivity contribution is -0.143. The Morgan fingerprint density at radius 3 is 2.33 bits per heavy atom. The second-order valence-corrected chi connectivity index (χ2v) is 6.57. The van der Waals surface area contributed by atoms with Gasteiger partial charge in [0.2, 0.25) is 5.91 Å². The second kappa shape index (κ2) is 7.78. The number of aliphatic carboxylic acids is 1. The van der Waals surface area contributed by atoms with E-state index in [9.17, 15) is 9.59 Å². The minimum atomic E-state index is -0.906. The van der Waals surface area contributed by atoms with Gasteiger partial charge in [-0.05, 0) is 32.1 Å². The predicted molar refractivity (Wildman–Crippen MR) is 81.1 cm³/mol. The monoisotopic (exact) mass is 299 g/mol. The van der Waals surface area contributed by atoms with Crippen LogP contribution in [0.25, 0.3) is 0 Å². The molecule has 1 saturated carbocycles. The molecule has 2 atom stereocenters. The predicted octanol–water partition coefficient (Wildman–Crippen LogP) is 2.73. The molecule has 0 aromatic heterocycles. The molecule has 0 heterocycles. The highest BCUT2D eigenvalue weighted by Gasteiger charge is 2.35. The lowest BCUT2D eigenvalue weighted by Gasteiger charge is -2.35. The molecule has 0 saturated heterocycles. The first-order valence-corrected chi connectivity index (χ1v) is 7.97. The fraction of sp³-hybridized carbons (Fsp3) is 0.875. The molecule has 0 aromatic carbocycles. The molecule has 0 bridgehead atoms. The summed E-state index contributed by atoms with van der Waals surface area (Å²) in [5.41, 5.74) is -0.755. The third-order valence-electron chi connectivity index (χ3n) is 4.52. The summed E-state index contributed by atoms with van der Waals surface area (Å²) in [7, 11) is 0. The molecule has 0 spiro atoms. The number of nitrogens with one attached hydrogen (secondary N) is 1. The summed E-state index contributed by atoms with van der Waals surface area (Å²) < 4.78 is 5.89. The molecule has 1 aliphatic rings. The average Bonchev–Trinajstić information content (AvgIpc) is 2.87. The van der Waals surface area contributed by atoms with E-state index >= 15 is 0 Å². The van der Waals surface area contributed by atoms with Crippen LogP contribution in [0.4, 0.5) is 0 Å². The van der Waals surface area contributed by atoms with Gasteiger partial charge in [-0.1, -0.05) is 33.6 Å². The van der Waals surface area contributed by atoms with Crippen molar-refractivity contribution in [3.63, 3.8) is 0 Å². The van der Waals surface area contributed by atoms with Crippen molar-refractivity contribution in [3.8, 4) is 0 Å². The van der Waals surface area contributed by atoms with Crippen LogP contribution in [0.5, 0.6) is 0 Å². The third kappa shape index (κ3) is 5.30. The molecule has 0 aromatic rings. The highest BCUT2D eigenvalue weighted by molar-refractivity contribution is 5.82. The Kier molecular flexibility index (Phi) is 6.65. The quantitative estimate of drug-likeness (QED) is 0.722. The zero-order valence-electron chi connectivity index (χ0n) is 13.6. The minimum absolute atomic E-state index is 0.0292. The van der Waals surface area contributed by atoms with Gasteiger partial charge in [0.1, 0.15) is 6.10 Å². The largest absolute Gasteiger partial charge is 0.481 e. The first-order valence-electron chi connectivity index (χ1n) is 7.97. The number of amides is 1. The van der Waals surface area contributed by atoms with Crippen molar-refractivity contribution in [2.24, 2.45) is 5.92 Å². The standard InChI is InChI=1S/C16H29NO4/c1-5-13(21-12-8-6-7-9-12)15(20)17-16(4,11(2)3)10-14(18)19/h11-13H,5-10H2,1-4H3,(H,17,20)(H,18,19). The first-order chi connectivity index (χ1) is 9.78. The van der Waals surface area contributed by atoms with Crippen molar-refractivity contribution >= 4 is 11.9 Å². The van der Waals surface area contributed by atoms with Gasteiger partial charge in [-0.25, -0.2) is 0 Å². The fourth-order valence-corrected chi connectivity index (χ4v) is 2.67.